The summed E-state index contributed by atoms with van der Waals surface area (Å²) in [5.41, 5.74) is 5.79. The molecule has 2 nitrogen and oxygen atoms in total. The summed E-state index contributed by atoms with van der Waals surface area (Å²) in [7, 11) is 0. The van der Waals surface area contributed by atoms with Gasteiger partial charge in [0.1, 0.15) is 0 Å². The molecule has 0 saturated heterocycles. The van der Waals surface area contributed by atoms with Crippen LogP contribution in [0.5, 0.6) is 0 Å². The topological polar surface area (TPSA) is 44.7 Å². The average molecular weight is 164 g/mol. The molecule has 0 aliphatic carbocycles. The Hall–Kier alpha value is -1.15. The van der Waals surface area contributed by atoms with Crippen molar-refractivity contribution in [3.05, 3.63) is 35.4 Å². The number of carbonyl (C=O) groups excluding carboxylic acids is 1. The van der Waals surface area contributed by atoms with Crippen molar-refractivity contribution >= 4 is 5.91 Å². The SMILES string of the molecule is Cc1ccc(CCC([NH3+])=O)cc1. The second kappa shape index (κ2) is 4.02. The van der Waals surface area contributed by atoms with Crippen molar-refractivity contribution in [2.45, 2.75) is 19.8 Å². The van der Waals surface area contributed by atoms with Crippen LogP contribution in [0, 0.1) is 6.92 Å². The zero-order chi connectivity index (χ0) is 8.97. The Morgan fingerprint density at radius 2 is 1.92 bits per heavy atom. The van der Waals surface area contributed by atoms with E-state index in [1.54, 1.807) is 0 Å². The Morgan fingerprint density at radius 3 is 2.42 bits per heavy atom. The highest BCUT2D eigenvalue weighted by atomic mass is 16.1. The largest absolute Gasteiger partial charge is 0.309 e. The minimum absolute atomic E-state index is 0.00979. The molecule has 0 bridgehead atoms. The van der Waals surface area contributed by atoms with E-state index in [0.717, 1.165) is 6.42 Å². The molecule has 0 atom stereocenters. The summed E-state index contributed by atoms with van der Waals surface area (Å²) in [6.45, 7) is 2.05. The Kier molecular flexibility index (Phi) is 3.00. The van der Waals surface area contributed by atoms with Crippen LogP contribution in [0.3, 0.4) is 0 Å². The second-order valence-corrected chi connectivity index (χ2v) is 3.02. The lowest BCUT2D eigenvalue weighted by Crippen LogP contribution is -2.56. The summed E-state index contributed by atoms with van der Waals surface area (Å²) < 4.78 is 0. The number of carbonyl (C=O) groups is 1. The molecular weight excluding hydrogens is 150 g/mol. The Morgan fingerprint density at radius 1 is 1.33 bits per heavy atom. The molecule has 0 aromatic heterocycles. The van der Waals surface area contributed by atoms with Crippen LogP contribution in [-0.2, 0) is 11.2 Å². The summed E-state index contributed by atoms with van der Waals surface area (Å²) in [5, 5.41) is 0. The molecule has 3 N–H and O–H groups in total. The van der Waals surface area contributed by atoms with Crippen molar-refractivity contribution in [3.63, 3.8) is 0 Å². The van der Waals surface area contributed by atoms with Gasteiger partial charge in [0, 0.05) is 0 Å². The van der Waals surface area contributed by atoms with Gasteiger partial charge in [0.25, 0.3) is 0 Å². The van der Waals surface area contributed by atoms with Crippen molar-refractivity contribution < 1.29 is 10.5 Å². The Balaban J connectivity index is 2.53. The molecule has 1 rings (SSSR count). The molecule has 0 fully saturated rings. The fourth-order valence-corrected chi connectivity index (χ4v) is 1.04. The van der Waals surface area contributed by atoms with Crippen molar-refractivity contribution in [2.24, 2.45) is 0 Å². The van der Waals surface area contributed by atoms with E-state index < -0.39 is 0 Å². The molecule has 12 heavy (non-hydrogen) atoms. The van der Waals surface area contributed by atoms with Crippen molar-refractivity contribution in [1.29, 1.82) is 0 Å². The summed E-state index contributed by atoms with van der Waals surface area (Å²) in [5.74, 6) is 0.00979. The molecule has 0 spiro atoms. The first-order chi connectivity index (χ1) is 5.68. The van der Waals surface area contributed by atoms with Gasteiger partial charge in [0.05, 0.1) is 6.42 Å². The molecular formula is C10H14NO+. The smallest absolute Gasteiger partial charge is 0.295 e. The van der Waals surface area contributed by atoms with Gasteiger partial charge in [-0.3, -0.25) is 5.73 Å². The highest BCUT2D eigenvalue weighted by Gasteiger charge is 1.98. The maximum absolute atomic E-state index is 10.6. The number of quaternary nitrogens is 1. The van der Waals surface area contributed by atoms with E-state index in [-0.39, 0.29) is 5.91 Å². The molecule has 0 aliphatic heterocycles. The maximum atomic E-state index is 10.6. The monoisotopic (exact) mass is 164 g/mol. The van der Waals surface area contributed by atoms with Crippen molar-refractivity contribution in [3.8, 4) is 0 Å². The van der Waals surface area contributed by atoms with E-state index >= 15 is 0 Å². The summed E-state index contributed by atoms with van der Waals surface area (Å²) >= 11 is 0. The minimum Gasteiger partial charge on any atom is -0.295 e. The second-order valence-electron chi connectivity index (χ2n) is 3.02. The maximum Gasteiger partial charge on any atom is 0.309 e. The van der Waals surface area contributed by atoms with Crippen LogP contribution in [0.15, 0.2) is 24.3 Å². The lowest BCUT2D eigenvalue weighted by Gasteiger charge is -1.97. The van der Waals surface area contributed by atoms with E-state index in [4.69, 9.17) is 0 Å². The number of amides is 1. The number of benzene rings is 1. The van der Waals surface area contributed by atoms with Crippen LogP contribution >= 0.6 is 0 Å². The average Bonchev–Trinajstić information content (AvgIpc) is 2.03. The van der Waals surface area contributed by atoms with Crippen LogP contribution in [0.4, 0.5) is 0 Å². The molecule has 1 amide bonds. The van der Waals surface area contributed by atoms with Crippen LogP contribution in [0.1, 0.15) is 17.5 Å². The molecule has 64 valence electrons. The summed E-state index contributed by atoms with van der Waals surface area (Å²) in [6.07, 6.45) is 1.35. The fourth-order valence-electron chi connectivity index (χ4n) is 1.04. The van der Waals surface area contributed by atoms with Crippen molar-refractivity contribution in [1.82, 2.24) is 0 Å². The molecule has 1 aromatic carbocycles. The minimum atomic E-state index is 0.00979. The van der Waals surface area contributed by atoms with Gasteiger partial charge in [-0.25, -0.2) is 4.79 Å². The van der Waals surface area contributed by atoms with Gasteiger partial charge in [0.2, 0.25) is 0 Å². The lowest BCUT2D eigenvalue weighted by atomic mass is 10.1. The van der Waals surface area contributed by atoms with Crippen molar-refractivity contribution in [2.75, 3.05) is 0 Å². The standard InChI is InChI=1S/C10H13NO/c1-8-2-4-9(5-3-8)6-7-10(11)12/h2-5H,6-7H2,1H3,(H2,11,12)/p+1. The van der Waals surface area contributed by atoms with Gasteiger partial charge in [-0.2, -0.15) is 0 Å². The number of aryl methyl sites for hydroxylation is 2. The predicted molar refractivity (Wildman–Crippen MR) is 47.4 cm³/mol. The summed E-state index contributed by atoms with van der Waals surface area (Å²) in [4.78, 5) is 10.6. The highest BCUT2D eigenvalue weighted by Crippen LogP contribution is 2.04. The van der Waals surface area contributed by atoms with E-state index in [0.29, 0.717) is 6.42 Å². The molecule has 1 aromatic rings. The van der Waals surface area contributed by atoms with E-state index in [2.05, 4.69) is 36.9 Å². The van der Waals surface area contributed by atoms with E-state index in [9.17, 15) is 4.79 Å². The van der Waals surface area contributed by atoms with Crippen LogP contribution < -0.4 is 5.73 Å². The molecule has 0 radical (unpaired) electrons. The third-order valence-electron chi connectivity index (χ3n) is 1.81. The third-order valence-corrected chi connectivity index (χ3v) is 1.81. The first-order valence-corrected chi connectivity index (χ1v) is 4.09. The van der Waals surface area contributed by atoms with Gasteiger partial charge >= 0.3 is 5.91 Å². The molecule has 2 heteroatoms. The number of hydrogen-bond acceptors (Lipinski definition) is 1. The molecule has 0 unspecified atom stereocenters. The van der Waals surface area contributed by atoms with E-state index in [1.165, 1.54) is 11.1 Å². The lowest BCUT2D eigenvalue weighted by molar-refractivity contribution is -0.305. The van der Waals surface area contributed by atoms with Crippen LogP contribution in [-0.4, -0.2) is 5.91 Å². The third kappa shape index (κ3) is 2.84. The molecule has 0 saturated carbocycles. The zero-order valence-corrected chi connectivity index (χ0v) is 7.34. The first kappa shape index (κ1) is 8.94. The van der Waals surface area contributed by atoms with Gasteiger partial charge in [-0.15, -0.1) is 0 Å². The van der Waals surface area contributed by atoms with Gasteiger partial charge in [-0.1, -0.05) is 29.8 Å². The van der Waals surface area contributed by atoms with Gasteiger partial charge in [-0.05, 0) is 18.9 Å². The normalized spacial score (nSPS) is 9.83. The number of hydrogen-bond donors (Lipinski definition) is 1. The Labute approximate surface area is 72.4 Å². The van der Waals surface area contributed by atoms with Crippen LogP contribution in [0.2, 0.25) is 0 Å². The highest BCUT2D eigenvalue weighted by molar-refractivity contribution is 5.64. The first-order valence-electron chi connectivity index (χ1n) is 4.09. The van der Waals surface area contributed by atoms with Crippen LogP contribution in [0.25, 0.3) is 0 Å². The fraction of sp³-hybridized carbons (Fsp3) is 0.300. The predicted octanol–water partition coefficient (Wildman–Crippen LogP) is 0.696. The molecule has 0 aliphatic rings. The number of rotatable bonds is 3. The zero-order valence-electron chi connectivity index (χ0n) is 7.34. The quantitative estimate of drug-likeness (QED) is 0.702. The van der Waals surface area contributed by atoms with Gasteiger partial charge in [0.15, 0.2) is 0 Å². The Bertz CT molecular complexity index is 264. The van der Waals surface area contributed by atoms with E-state index in [1.807, 2.05) is 0 Å². The molecule has 0 heterocycles. The van der Waals surface area contributed by atoms with Gasteiger partial charge < -0.3 is 0 Å². The summed E-state index contributed by atoms with van der Waals surface area (Å²) in [6, 6.07) is 8.22.